The Morgan fingerprint density at radius 3 is 2.55 bits per heavy atom. The van der Waals surface area contributed by atoms with Gasteiger partial charge in [-0.1, -0.05) is 6.07 Å². The largest absolute Gasteiger partial charge is 0.481 e. The highest BCUT2D eigenvalue weighted by Gasteiger charge is 2.34. The summed E-state index contributed by atoms with van der Waals surface area (Å²) in [4.78, 5) is 31.1. The minimum absolute atomic E-state index is 0.0733. The number of ether oxygens (including phenoxy) is 1. The number of halogens is 3. The molecule has 0 unspecified atom stereocenters. The predicted molar refractivity (Wildman–Crippen MR) is 92.8 cm³/mol. The Hall–Kier alpha value is -3.44. The van der Waals surface area contributed by atoms with Crippen LogP contribution in [0.25, 0.3) is 0 Å². The van der Waals surface area contributed by atoms with Crippen LogP contribution in [0.5, 0.6) is 11.6 Å². The molecule has 9 nitrogen and oxygen atoms in total. The monoisotopic (exact) mass is 412 g/mol. The van der Waals surface area contributed by atoms with Crippen molar-refractivity contribution in [1.29, 1.82) is 0 Å². The number of aliphatic carboxylic acids is 1. The van der Waals surface area contributed by atoms with Crippen LogP contribution in [0, 0.1) is 16.0 Å². The summed E-state index contributed by atoms with van der Waals surface area (Å²) < 4.78 is 43.9. The van der Waals surface area contributed by atoms with Gasteiger partial charge in [0.25, 0.3) is 0 Å². The number of piperidine rings is 1. The van der Waals surface area contributed by atoms with Gasteiger partial charge >= 0.3 is 23.7 Å². The molecule has 1 fully saturated rings. The zero-order valence-electron chi connectivity index (χ0n) is 14.8. The topological polar surface area (TPSA) is 119 Å². The van der Waals surface area contributed by atoms with Crippen molar-refractivity contribution >= 4 is 17.5 Å². The molecule has 0 aliphatic carbocycles. The standard InChI is InChI=1S/C17H15F3N4O5/c18-17(19,20)11-2-1-3-12(8-11)29-15-13(24(27)28)14(21-9-22-15)23-6-4-10(5-7-23)16(25)26/h1-3,8-10H,4-7H2,(H,25,26). The maximum atomic E-state index is 12.9. The average Bonchev–Trinajstić information content (AvgIpc) is 2.67. The quantitative estimate of drug-likeness (QED) is 0.586. The van der Waals surface area contributed by atoms with Crippen molar-refractivity contribution in [2.24, 2.45) is 5.92 Å². The maximum Gasteiger partial charge on any atom is 0.416 e. The number of anilines is 1. The molecule has 1 aliphatic rings. The van der Waals surface area contributed by atoms with Crippen molar-refractivity contribution in [2.45, 2.75) is 19.0 Å². The van der Waals surface area contributed by atoms with Gasteiger partial charge < -0.3 is 14.7 Å². The lowest BCUT2D eigenvalue weighted by Crippen LogP contribution is -2.37. The van der Waals surface area contributed by atoms with Crippen LogP contribution in [0.15, 0.2) is 30.6 Å². The molecule has 0 saturated carbocycles. The SMILES string of the molecule is O=C(O)C1CCN(c2ncnc(Oc3cccc(C(F)(F)F)c3)c2[N+](=O)[O-])CC1. The summed E-state index contributed by atoms with van der Waals surface area (Å²) in [6.45, 7) is 0.440. The summed E-state index contributed by atoms with van der Waals surface area (Å²) in [5.74, 6) is -2.32. The minimum atomic E-state index is -4.60. The van der Waals surface area contributed by atoms with E-state index >= 15 is 0 Å². The van der Waals surface area contributed by atoms with Gasteiger partial charge in [0, 0.05) is 13.1 Å². The van der Waals surface area contributed by atoms with Gasteiger partial charge in [-0.2, -0.15) is 18.2 Å². The summed E-state index contributed by atoms with van der Waals surface area (Å²) in [5, 5.41) is 20.7. The summed E-state index contributed by atoms with van der Waals surface area (Å²) in [6, 6.07) is 3.89. The van der Waals surface area contributed by atoms with Gasteiger partial charge in [0.15, 0.2) is 0 Å². The van der Waals surface area contributed by atoms with Crippen molar-refractivity contribution in [1.82, 2.24) is 9.97 Å². The molecule has 1 aliphatic heterocycles. The fraction of sp³-hybridized carbons (Fsp3) is 0.353. The van der Waals surface area contributed by atoms with Crippen molar-refractivity contribution in [3.05, 3.63) is 46.3 Å². The van der Waals surface area contributed by atoms with Crippen LogP contribution in [0.1, 0.15) is 18.4 Å². The molecule has 2 aromatic rings. The molecule has 154 valence electrons. The van der Waals surface area contributed by atoms with E-state index in [0.29, 0.717) is 6.07 Å². The number of rotatable bonds is 5. The molecule has 3 rings (SSSR count). The zero-order chi connectivity index (χ0) is 21.2. The number of hydrogen-bond acceptors (Lipinski definition) is 7. The van der Waals surface area contributed by atoms with Crippen molar-refractivity contribution < 1.29 is 32.7 Å². The van der Waals surface area contributed by atoms with Gasteiger partial charge in [-0.3, -0.25) is 14.9 Å². The first-order valence-corrected chi connectivity index (χ1v) is 8.49. The number of alkyl halides is 3. The fourth-order valence-corrected chi connectivity index (χ4v) is 3.01. The molecule has 0 atom stereocenters. The van der Waals surface area contributed by atoms with E-state index in [1.807, 2.05) is 0 Å². The van der Waals surface area contributed by atoms with E-state index in [4.69, 9.17) is 9.84 Å². The number of carboxylic acids is 1. The molecule has 29 heavy (non-hydrogen) atoms. The van der Waals surface area contributed by atoms with Crippen LogP contribution in [-0.4, -0.2) is 39.1 Å². The molecule has 0 amide bonds. The van der Waals surface area contributed by atoms with E-state index in [1.165, 1.54) is 11.0 Å². The zero-order valence-corrected chi connectivity index (χ0v) is 14.8. The first-order valence-electron chi connectivity index (χ1n) is 8.49. The predicted octanol–water partition coefficient (Wildman–Crippen LogP) is 3.50. The Bertz CT molecular complexity index is 930. The lowest BCUT2D eigenvalue weighted by molar-refractivity contribution is -0.385. The number of benzene rings is 1. The molecule has 1 N–H and O–H groups in total. The molecule has 1 aromatic carbocycles. The average molecular weight is 412 g/mol. The molecule has 1 saturated heterocycles. The number of carbonyl (C=O) groups is 1. The molecule has 0 bridgehead atoms. The molecule has 1 aromatic heterocycles. The second-order valence-electron chi connectivity index (χ2n) is 6.34. The maximum absolute atomic E-state index is 12.9. The molecule has 0 spiro atoms. The van der Waals surface area contributed by atoms with Crippen LogP contribution >= 0.6 is 0 Å². The van der Waals surface area contributed by atoms with Crippen LogP contribution in [-0.2, 0) is 11.0 Å². The van der Waals surface area contributed by atoms with Crippen molar-refractivity contribution in [3.63, 3.8) is 0 Å². The molecular formula is C17H15F3N4O5. The lowest BCUT2D eigenvalue weighted by atomic mass is 9.97. The Morgan fingerprint density at radius 1 is 1.28 bits per heavy atom. The van der Waals surface area contributed by atoms with Crippen LogP contribution < -0.4 is 9.64 Å². The minimum Gasteiger partial charge on any atom is -0.481 e. The van der Waals surface area contributed by atoms with Crippen molar-refractivity contribution in [2.75, 3.05) is 18.0 Å². The third-order valence-electron chi connectivity index (χ3n) is 4.47. The lowest BCUT2D eigenvalue weighted by Gasteiger charge is -2.30. The second kappa shape index (κ2) is 7.89. The normalized spacial score (nSPS) is 15.2. The highest BCUT2D eigenvalue weighted by atomic mass is 19.4. The van der Waals surface area contributed by atoms with Gasteiger partial charge in [0.2, 0.25) is 5.82 Å². The third-order valence-corrected chi connectivity index (χ3v) is 4.47. The van der Waals surface area contributed by atoms with Gasteiger partial charge in [-0.15, -0.1) is 0 Å². The Labute approximate surface area is 161 Å². The van der Waals surface area contributed by atoms with Gasteiger partial charge in [-0.05, 0) is 31.0 Å². The Balaban J connectivity index is 1.90. The number of carboxylic acid groups (broad SMARTS) is 1. The van der Waals surface area contributed by atoms with E-state index in [9.17, 15) is 28.1 Å². The second-order valence-corrected chi connectivity index (χ2v) is 6.34. The van der Waals surface area contributed by atoms with Gasteiger partial charge in [-0.25, -0.2) is 4.98 Å². The fourth-order valence-electron chi connectivity index (χ4n) is 3.01. The van der Waals surface area contributed by atoms with E-state index < -0.39 is 40.1 Å². The smallest absolute Gasteiger partial charge is 0.416 e. The number of nitro groups is 1. The van der Waals surface area contributed by atoms with E-state index in [1.54, 1.807) is 0 Å². The molecule has 12 heteroatoms. The highest BCUT2D eigenvalue weighted by Crippen LogP contribution is 2.38. The molecular weight excluding hydrogens is 397 g/mol. The van der Waals surface area contributed by atoms with Crippen LogP contribution in [0.2, 0.25) is 0 Å². The Kier molecular flexibility index (Phi) is 5.52. The number of hydrogen-bond donors (Lipinski definition) is 1. The number of aromatic nitrogens is 2. The Morgan fingerprint density at radius 2 is 1.97 bits per heavy atom. The van der Waals surface area contributed by atoms with E-state index in [0.717, 1.165) is 18.5 Å². The summed E-state index contributed by atoms with van der Waals surface area (Å²) >= 11 is 0. The third kappa shape index (κ3) is 4.52. The summed E-state index contributed by atoms with van der Waals surface area (Å²) in [7, 11) is 0. The van der Waals surface area contributed by atoms with Crippen molar-refractivity contribution in [3.8, 4) is 11.6 Å². The first-order chi connectivity index (χ1) is 13.7. The first kappa shape index (κ1) is 20.3. The van der Waals surface area contributed by atoms with Gasteiger partial charge in [0.1, 0.15) is 12.1 Å². The highest BCUT2D eigenvalue weighted by molar-refractivity contribution is 5.71. The summed E-state index contributed by atoms with van der Waals surface area (Å²) in [6.07, 6.45) is -3.04. The van der Waals surface area contributed by atoms with Crippen LogP contribution in [0.4, 0.5) is 24.7 Å². The van der Waals surface area contributed by atoms with E-state index in [-0.39, 0.29) is 37.5 Å². The number of nitrogens with zero attached hydrogens (tertiary/aromatic N) is 4. The summed E-state index contributed by atoms with van der Waals surface area (Å²) in [5.41, 5.74) is -1.57. The van der Waals surface area contributed by atoms with E-state index in [2.05, 4.69) is 9.97 Å². The molecule has 2 heterocycles. The van der Waals surface area contributed by atoms with Crippen LogP contribution in [0.3, 0.4) is 0 Å². The van der Waals surface area contributed by atoms with Gasteiger partial charge in [0.05, 0.1) is 16.4 Å². The molecule has 0 radical (unpaired) electrons.